The Labute approximate surface area is 233 Å². The topological polar surface area (TPSA) is 114 Å². The normalized spacial score (nSPS) is 19.3. The van der Waals surface area contributed by atoms with Crippen LogP contribution in [0.2, 0.25) is 0 Å². The van der Waals surface area contributed by atoms with Gasteiger partial charge in [-0.05, 0) is 56.6 Å². The first kappa shape index (κ1) is 28.1. The van der Waals surface area contributed by atoms with Gasteiger partial charge in [-0.15, -0.1) is 0 Å². The Hall–Kier alpha value is -3.45. The summed E-state index contributed by atoms with van der Waals surface area (Å²) in [4.78, 5) is 11.4. The number of epoxide rings is 1. The van der Waals surface area contributed by atoms with Crippen LogP contribution in [0.3, 0.4) is 0 Å². The van der Waals surface area contributed by atoms with Crippen molar-refractivity contribution >= 4 is 17.6 Å². The van der Waals surface area contributed by atoms with Crippen LogP contribution in [0.1, 0.15) is 42.6 Å². The van der Waals surface area contributed by atoms with Crippen LogP contribution in [0.25, 0.3) is 5.65 Å². The van der Waals surface area contributed by atoms with Gasteiger partial charge in [0.25, 0.3) is 0 Å². The van der Waals surface area contributed by atoms with Crippen LogP contribution < -0.4 is 15.9 Å². The van der Waals surface area contributed by atoms with E-state index in [2.05, 4.69) is 32.6 Å². The van der Waals surface area contributed by atoms with E-state index in [1.807, 2.05) is 24.7 Å². The van der Waals surface area contributed by atoms with E-state index in [-0.39, 0.29) is 32.4 Å². The highest BCUT2D eigenvalue weighted by molar-refractivity contribution is 6.34. The number of ether oxygens (including phenoxy) is 3. The summed E-state index contributed by atoms with van der Waals surface area (Å²) in [5, 5.41) is 6.82. The molecule has 2 fully saturated rings. The molecule has 40 heavy (non-hydrogen) atoms. The van der Waals surface area contributed by atoms with Crippen molar-refractivity contribution in [2.45, 2.75) is 44.2 Å². The Bertz CT molecular complexity index is 1420. The number of hydrogen-bond acceptors (Lipinski definition) is 9. The van der Waals surface area contributed by atoms with Gasteiger partial charge in [0.05, 0.1) is 39.2 Å². The van der Waals surface area contributed by atoms with Crippen molar-refractivity contribution in [3.63, 3.8) is 0 Å². The van der Waals surface area contributed by atoms with E-state index in [1.165, 1.54) is 37.8 Å². The third kappa shape index (κ3) is 6.30. The maximum Gasteiger partial charge on any atom is 0.189 e. The summed E-state index contributed by atoms with van der Waals surface area (Å²) < 4.78 is 47.3. The zero-order chi connectivity index (χ0) is 28.3. The van der Waals surface area contributed by atoms with Crippen LogP contribution in [0.15, 0.2) is 40.7 Å². The second-order valence-corrected chi connectivity index (χ2v) is 10.4. The van der Waals surface area contributed by atoms with Gasteiger partial charge >= 0.3 is 0 Å². The number of nitrogens with zero attached hydrogens (tertiary/aromatic N) is 5. The van der Waals surface area contributed by atoms with Gasteiger partial charge in [-0.1, -0.05) is 0 Å². The highest BCUT2D eigenvalue weighted by Gasteiger charge is 2.49. The molecule has 1 unspecified atom stereocenters. The smallest absolute Gasteiger partial charge is 0.189 e. The largest absolute Gasteiger partial charge is 0.494 e. The standard InChI is InChI=1S/C28H35F2N7O3.H2/c1-36(2)8-9-39-16-20-10-19(18-4-5-18)14-37-15-21(34-27(20)37)11-32-13-25(35-31)28(17-40-28)33-12-22-23(29)6-7-24(38-3)26(22)30;/h6-7,10,13-15,18,33H,4-5,8-9,11-12,16-17,31H2,1-3H3;1H/b32-13?,35-25+;. The molecule has 3 N–H and O–H groups in total. The number of nitrogens with one attached hydrogen (secondary N) is 1. The number of aromatic nitrogens is 2. The van der Waals surface area contributed by atoms with Crippen LogP contribution in [-0.2, 0) is 29.2 Å². The summed E-state index contributed by atoms with van der Waals surface area (Å²) in [6.07, 6.45) is 8.01. The van der Waals surface area contributed by atoms with Gasteiger partial charge in [0.15, 0.2) is 17.3 Å². The lowest BCUT2D eigenvalue weighted by atomic mass is 10.1. The molecule has 1 saturated heterocycles. The minimum Gasteiger partial charge on any atom is -0.494 e. The van der Waals surface area contributed by atoms with Crippen molar-refractivity contribution in [3.8, 4) is 5.75 Å². The van der Waals surface area contributed by atoms with Crippen LogP contribution in [0.4, 0.5) is 8.78 Å². The van der Waals surface area contributed by atoms with Crippen LogP contribution in [0.5, 0.6) is 5.75 Å². The van der Waals surface area contributed by atoms with Crippen molar-refractivity contribution < 1.29 is 24.4 Å². The lowest BCUT2D eigenvalue weighted by molar-refractivity contribution is 0.106. The monoisotopic (exact) mass is 557 g/mol. The number of pyridine rings is 1. The Morgan fingerprint density at radius 3 is 2.83 bits per heavy atom. The van der Waals surface area contributed by atoms with E-state index < -0.39 is 17.4 Å². The van der Waals surface area contributed by atoms with Crippen molar-refractivity contribution in [1.29, 1.82) is 0 Å². The first-order chi connectivity index (χ1) is 19.3. The van der Waals surface area contributed by atoms with E-state index >= 15 is 0 Å². The molecule has 10 nitrogen and oxygen atoms in total. The number of fused-ring (bicyclic) bond motifs is 1. The Morgan fingerprint density at radius 1 is 1.35 bits per heavy atom. The molecule has 2 aliphatic rings. The van der Waals surface area contributed by atoms with Crippen molar-refractivity contribution in [2.75, 3.05) is 41.0 Å². The number of likely N-dealkylation sites (N-methyl/N-ethyl adjacent to an activating group) is 1. The van der Waals surface area contributed by atoms with E-state index in [0.29, 0.717) is 24.8 Å². The molecule has 1 atom stereocenters. The molecular weight excluding hydrogens is 520 g/mol. The highest BCUT2D eigenvalue weighted by Crippen LogP contribution is 2.40. The van der Waals surface area contributed by atoms with Gasteiger partial charge in [0.2, 0.25) is 0 Å². The number of imidazole rings is 1. The molecule has 12 heteroatoms. The van der Waals surface area contributed by atoms with E-state index in [4.69, 9.17) is 25.0 Å². The third-order valence-electron chi connectivity index (χ3n) is 7.06. The fraction of sp³-hybridized carbons (Fsp3) is 0.464. The number of rotatable bonds is 14. The summed E-state index contributed by atoms with van der Waals surface area (Å²) in [7, 11) is 5.36. The average molecular weight is 558 g/mol. The summed E-state index contributed by atoms with van der Waals surface area (Å²) in [5.41, 5.74) is 3.04. The molecule has 0 bridgehead atoms. The molecule has 0 amide bonds. The highest BCUT2D eigenvalue weighted by atomic mass is 19.1. The Balaban J connectivity index is 0.00000387. The summed E-state index contributed by atoms with van der Waals surface area (Å²) in [5.74, 6) is 4.72. The van der Waals surface area contributed by atoms with Gasteiger partial charge in [0.1, 0.15) is 17.2 Å². The fourth-order valence-electron chi connectivity index (χ4n) is 4.50. The maximum atomic E-state index is 14.6. The molecule has 1 saturated carbocycles. The number of hydrazone groups is 1. The van der Waals surface area contributed by atoms with Crippen LogP contribution >= 0.6 is 0 Å². The van der Waals surface area contributed by atoms with Crippen molar-refractivity contribution in [1.82, 2.24) is 19.6 Å². The third-order valence-corrected chi connectivity index (χ3v) is 7.06. The van der Waals surface area contributed by atoms with Gasteiger partial charge in [-0.2, -0.15) is 5.10 Å². The molecule has 3 heterocycles. The predicted octanol–water partition coefficient (Wildman–Crippen LogP) is 3.22. The number of nitrogens with two attached hydrogens (primary N) is 1. The Kier molecular flexibility index (Phi) is 8.40. The zero-order valence-corrected chi connectivity index (χ0v) is 23.0. The van der Waals surface area contributed by atoms with Gasteiger partial charge in [0, 0.05) is 44.3 Å². The summed E-state index contributed by atoms with van der Waals surface area (Å²) in [6.45, 7) is 2.34. The number of hydrogen-bond donors (Lipinski definition) is 2. The number of benzene rings is 1. The zero-order valence-electron chi connectivity index (χ0n) is 23.0. The van der Waals surface area contributed by atoms with Gasteiger partial charge < -0.3 is 29.4 Å². The second-order valence-electron chi connectivity index (χ2n) is 10.4. The molecule has 2 aromatic heterocycles. The lowest BCUT2D eigenvalue weighted by Gasteiger charge is -2.15. The quantitative estimate of drug-likeness (QED) is 0.103. The lowest BCUT2D eigenvalue weighted by Crippen LogP contribution is -2.42. The average Bonchev–Trinajstić information content (AvgIpc) is 3.87. The molecule has 1 aliphatic heterocycles. The van der Waals surface area contributed by atoms with E-state index in [0.717, 1.165) is 29.5 Å². The van der Waals surface area contributed by atoms with E-state index in [1.54, 1.807) is 0 Å². The molecule has 5 rings (SSSR count). The fourth-order valence-corrected chi connectivity index (χ4v) is 4.50. The van der Waals surface area contributed by atoms with E-state index in [9.17, 15) is 8.78 Å². The number of methoxy groups -OCH3 is 1. The first-order valence-corrected chi connectivity index (χ1v) is 13.2. The maximum absolute atomic E-state index is 14.6. The molecule has 3 aromatic rings. The molecule has 216 valence electrons. The van der Waals surface area contributed by atoms with Gasteiger partial charge in [-0.25, -0.2) is 13.8 Å². The summed E-state index contributed by atoms with van der Waals surface area (Å²) >= 11 is 0. The van der Waals surface area contributed by atoms with Crippen molar-refractivity contribution in [3.05, 3.63) is 64.6 Å². The molecular formula is C28H37F2N7O3. The summed E-state index contributed by atoms with van der Waals surface area (Å²) in [6, 6.07) is 4.60. The van der Waals surface area contributed by atoms with Gasteiger partial charge in [-0.3, -0.25) is 10.3 Å². The Morgan fingerprint density at radius 2 is 2.15 bits per heavy atom. The molecule has 0 radical (unpaired) electrons. The van der Waals surface area contributed by atoms with Crippen LogP contribution in [-0.4, -0.2) is 72.9 Å². The SMILES string of the molecule is COc1ccc(F)c(CNC2(/C(C=NCc3cn4cc(C5CC5)cc(COCCN(C)C)c4n3)=N/N)CO2)c1F.[HH]. The number of aliphatic imine (C=N–C) groups is 1. The molecule has 1 aliphatic carbocycles. The minimum atomic E-state index is -1.07. The first-order valence-electron chi connectivity index (χ1n) is 13.2. The predicted molar refractivity (Wildman–Crippen MR) is 150 cm³/mol. The molecule has 1 aromatic carbocycles. The van der Waals surface area contributed by atoms with Crippen molar-refractivity contribution in [2.24, 2.45) is 15.9 Å². The number of halogens is 2. The minimum absolute atomic E-state index is 0. The second kappa shape index (κ2) is 12.0. The van der Waals surface area contributed by atoms with Crippen LogP contribution in [0, 0.1) is 11.6 Å². The molecule has 0 spiro atoms.